The zero-order chi connectivity index (χ0) is 21.1. The second-order valence-corrected chi connectivity index (χ2v) is 8.02. The molecule has 1 aliphatic heterocycles. The highest BCUT2D eigenvalue weighted by atomic mass is 35.5. The van der Waals surface area contributed by atoms with Crippen LogP contribution in [0.4, 0.5) is 5.69 Å². The van der Waals surface area contributed by atoms with Crippen LogP contribution in [0.2, 0.25) is 5.02 Å². The van der Waals surface area contributed by atoms with Crippen molar-refractivity contribution >= 4 is 46.4 Å². The summed E-state index contributed by atoms with van der Waals surface area (Å²) in [6, 6.07) is 23.5. The Bertz CT molecular complexity index is 1130. The summed E-state index contributed by atoms with van der Waals surface area (Å²) in [5.74, 6) is -0.0209. The number of hydrogen-bond acceptors (Lipinski definition) is 4. The number of ether oxygens (including phenoxy) is 1. The third-order valence-corrected chi connectivity index (χ3v) is 5.85. The summed E-state index contributed by atoms with van der Waals surface area (Å²) in [6.45, 7) is 2.46. The van der Waals surface area contributed by atoms with E-state index >= 15 is 0 Å². The first-order chi connectivity index (χ1) is 14.6. The minimum absolute atomic E-state index is 0.361. The van der Waals surface area contributed by atoms with E-state index in [0.29, 0.717) is 39.1 Å². The molecule has 30 heavy (non-hydrogen) atoms. The van der Waals surface area contributed by atoms with Gasteiger partial charge < -0.3 is 4.74 Å². The van der Waals surface area contributed by atoms with Gasteiger partial charge in [-0.1, -0.05) is 59.8 Å². The van der Waals surface area contributed by atoms with E-state index in [-0.39, 0.29) is 11.8 Å². The van der Waals surface area contributed by atoms with Crippen LogP contribution in [-0.2, 0) is 9.59 Å². The number of carbonyl (C=O) groups is 2. The van der Waals surface area contributed by atoms with Gasteiger partial charge >= 0.3 is 0 Å². The minimum atomic E-state index is -0.371. The second kappa shape index (κ2) is 8.78. The van der Waals surface area contributed by atoms with Crippen molar-refractivity contribution in [3.63, 3.8) is 0 Å². The predicted octanol–water partition coefficient (Wildman–Crippen LogP) is 5.82. The van der Waals surface area contributed by atoms with Gasteiger partial charge in [-0.3, -0.25) is 9.59 Å². The maximum Gasteiger partial charge on any atom is 0.272 e. The first kappa shape index (κ1) is 20.3. The van der Waals surface area contributed by atoms with Gasteiger partial charge in [-0.25, -0.2) is 4.90 Å². The molecule has 3 aromatic carbocycles. The van der Waals surface area contributed by atoms with E-state index in [4.69, 9.17) is 16.3 Å². The number of imide groups is 1. The third kappa shape index (κ3) is 3.99. The zero-order valence-corrected chi connectivity index (χ0v) is 17.7. The summed E-state index contributed by atoms with van der Waals surface area (Å²) in [7, 11) is 0. The normalized spacial score (nSPS) is 13.9. The lowest BCUT2D eigenvalue weighted by molar-refractivity contribution is -0.119. The lowest BCUT2D eigenvalue weighted by atomic mass is 10.1. The van der Waals surface area contributed by atoms with Crippen LogP contribution in [-0.4, -0.2) is 18.4 Å². The average molecular weight is 436 g/mol. The molecular weight excluding hydrogens is 418 g/mol. The van der Waals surface area contributed by atoms with Crippen LogP contribution in [0.25, 0.3) is 5.57 Å². The highest BCUT2D eigenvalue weighted by molar-refractivity contribution is 8.04. The number of amides is 2. The van der Waals surface area contributed by atoms with Crippen LogP contribution in [0.5, 0.6) is 5.75 Å². The van der Waals surface area contributed by atoms with Gasteiger partial charge in [0, 0.05) is 9.92 Å². The third-order valence-electron chi connectivity index (χ3n) is 4.52. The van der Waals surface area contributed by atoms with E-state index in [1.165, 1.54) is 16.7 Å². The molecule has 3 aromatic rings. The fourth-order valence-corrected chi connectivity index (χ4v) is 4.40. The Labute approximate surface area is 184 Å². The molecule has 1 heterocycles. The summed E-state index contributed by atoms with van der Waals surface area (Å²) in [4.78, 5) is 29.2. The highest BCUT2D eigenvalue weighted by Gasteiger charge is 2.40. The van der Waals surface area contributed by atoms with Crippen molar-refractivity contribution in [2.24, 2.45) is 0 Å². The maximum atomic E-state index is 13.4. The van der Waals surface area contributed by atoms with Crippen LogP contribution in [0.1, 0.15) is 12.5 Å². The number of hydrogen-bond donors (Lipinski definition) is 0. The van der Waals surface area contributed by atoms with Gasteiger partial charge in [-0.05, 0) is 55.0 Å². The number of nitrogens with zero attached hydrogens (tertiary/aromatic N) is 1. The Balaban J connectivity index is 1.79. The molecule has 0 fully saturated rings. The lowest BCUT2D eigenvalue weighted by Gasteiger charge is -2.15. The molecule has 0 aromatic heterocycles. The van der Waals surface area contributed by atoms with Crippen molar-refractivity contribution in [3.05, 3.63) is 94.4 Å². The molecule has 150 valence electrons. The summed E-state index contributed by atoms with van der Waals surface area (Å²) >= 11 is 7.39. The SMILES string of the molecule is CCOc1ccc(C2=C(Sc3ccccc3)C(=O)N(c3cccc(Cl)c3)C2=O)cc1. The summed E-state index contributed by atoms with van der Waals surface area (Å²) in [6.07, 6.45) is 0. The monoisotopic (exact) mass is 435 g/mol. The Morgan fingerprint density at radius 1 is 0.900 bits per heavy atom. The Morgan fingerprint density at radius 3 is 2.30 bits per heavy atom. The van der Waals surface area contributed by atoms with Crippen molar-refractivity contribution in [2.45, 2.75) is 11.8 Å². The van der Waals surface area contributed by atoms with E-state index in [0.717, 1.165) is 4.90 Å². The molecule has 0 radical (unpaired) electrons. The molecule has 0 N–H and O–H groups in total. The molecule has 0 unspecified atom stereocenters. The number of rotatable bonds is 6. The molecule has 4 rings (SSSR count). The summed E-state index contributed by atoms with van der Waals surface area (Å²) in [5, 5.41) is 0.458. The van der Waals surface area contributed by atoms with Crippen LogP contribution < -0.4 is 9.64 Å². The van der Waals surface area contributed by atoms with Gasteiger partial charge in [0.25, 0.3) is 11.8 Å². The van der Waals surface area contributed by atoms with Crippen molar-refractivity contribution in [3.8, 4) is 5.75 Å². The van der Waals surface area contributed by atoms with Crippen molar-refractivity contribution in [2.75, 3.05) is 11.5 Å². The van der Waals surface area contributed by atoms with Crippen molar-refractivity contribution in [1.82, 2.24) is 0 Å². The number of thioether (sulfide) groups is 1. The van der Waals surface area contributed by atoms with Crippen LogP contribution in [0.15, 0.2) is 88.7 Å². The second-order valence-electron chi connectivity index (χ2n) is 6.50. The maximum absolute atomic E-state index is 13.4. The van der Waals surface area contributed by atoms with Crippen LogP contribution >= 0.6 is 23.4 Å². The Morgan fingerprint density at radius 2 is 1.63 bits per heavy atom. The molecule has 6 heteroatoms. The highest BCUT2D eigenvalue weighted by Crippen LogP contribution is 2.41. The molecule has 1 aliphatic rings. The van der Waals surface area contributed by atoms with Gasteiger partial charge in [-0.2, -0.15) is 0 Å². The topological polar surface area (TPSA) is 46.6 Å². The zero-order valence-electron chi connectivity index (χ0n) is 16.2. The number of benzene rings is 3. The molecule has 0 aliphatic carbocycles. The van der Waals surface area contributed by atoms with E-state index < -0.39 is 0 Å². The first-order valence-electron chi connectivity index (χ1n) is 9.43. The number of anilines is 1. The lowest BCUT2D eigenvalue weighted by Crippen LogP contribution is -2.31. The van der Waals surface area contributed by atoms with Gasteiger partial charge in [0.1, 0.15) is 5.75 Å². The standard InChI is InChI=1S/C24H18ClNO3S/c1-2-29-19-13-11-16(12-14-19)21-22(30-20-9-4-3-5-10-20)24(28)26(23(21)27)18-8-6-7-17(25)15-18/h3-15H,2H2,1H3. The smallest absolute Gasteiger partial charge is 0.272 e. The molecule has 2 amide bonds. The molecular formula is C24H18ClNO3S. The van der Waals surface area contributed by atoms with E-state index in [1.54, 1.807) is 48.5 Å². The van der Waals surface area contributed by atoms with Gasteiger partial charge in [0.15, 0.2) is 0 Å². The summed E-state index contributed by atoms with van der Waals surface area (Å²) in [5.41, 5.74) is 1.49. The fraction of sp³-hybridized carbons (Fsp3) is 0.0833. The van der Waals surface area contributed by atoms with E-state index in [1.807, 2.05) is 37.3 Å². The Hall–Kier alpha value is -3.02. The minimum Gasteiger partial charge on any atom is -0.494 e. The van der Waals surface area contributed by atoms with E-state index in [9.17, 15) is 9.59 Å². The molecule has 0 atom stereocenters. The number of carbonyl (C=O) groups excluding carboxylic acids is 2. The predicted molar refractivity (Wildman–Crippen MR) is 121 cm³/mol. The van der Waals surface area contributed by atoms with Gasteiger partial charge in [-0.15, -0.1) is 0 Å². The van der Waals surface area contributed by atoms with Gasteiger partial charge in [0.05, 0.1) is 22.8 Å². The van der Waals surface area contributed by atoms with Crippen LogP contribution in [0.3, 0.4) is 0 Å². The first-order valence-corrected chi connectivity index (χ1v) is 10.6. The quantitative estimate of drug-likeness (QED) is 0.458. The Kier molecular flexibility index (Phi) is 5.93. The van der Waals surface area contributed by atoms with Gasteiger partial charge in [0.2, 0.25) is 0 Å². The van der Waals surface area contributed by atoms with E-state index in [2.05, 4.69) is 0 Å². The average Bonchev–Trinajstić information content (AvgIpc) is 2.99. The molecule has 0 spiro atoms. The molecule has 0 saturated carbocycles. The van der Waals surface area contributed by atoms with Crippen molar-refractivity contribution < 1.29 is 14.3 Å². The fourth-order valence-electron chi connectivity index (χ4n) is 3.20. The molecule has 0 saturated heterocycles. The van der Waals surface area contributed by atoms with Crippen molar-refractivity contribution in [1.29, 1.82) is 0 Å². The molecule has 0 bridgehead atoms. The molecule has 4 nitrogen and oxygen atoms in total. The number of halogens is 1. The summed E-state index contributed by atoms with van der Waals surface area (Å²) < 4.78 is 5.50. The largest absolute Gasteiger partial charge is 0.494 e. The van der Waals surface area contributed by atoms with Crippen LogP contribution in [0, 0.1) is 0 Å².